The zero-order valence-corrected chi connectivity index (χ0v) is 12.2. The number of phenolic OH excluding ortho intramolecular Hbond substituents is 1. The molecule has 1 fully saturated rings. The summed E-state index contributed by atoms with van der Waals surface area (Å²) in [4.78, 5) is 11.9. The van der Waals surface area contributed by atoms with Crippen molar-refractivity contribution in [3.05, 3.63) is 28.8 Å². The smallest absolute Gasteiger partial charge is 0.255 e. The highest BCUT2D eigenvalue weighted by Crippen LogP contribution is 2.48. The average Bonchev–Trinajstić information content (AvgIpc) is 3.07. The van der Waals surface area contributed by atoms with E-state index >= 15 is 0 Å². The van der Waals surface area contributed by atoms with Gasteiger partial charge in [-0.05, 0) is 42.9 Å². The van der Waals surface area contributed by atoms with Crippen molar-refractivity contribution in [1.82, 2.24) is 5.32 Å². The average molecular weight is 333 g/mol. The highest BCUT2D eigenvalue weighted by molar-refractivity contribution is 9.09. The lowest BCUT2D eigenvalue weighted by Gasteiger charge is -2.14. The van der Waals surface area contributed by atoms with E-state index in [1.54, 1.807) is 6.07 Å². The van der Waals surface area contributed by atoms with E-state index in [2.05, 4.69) is 21.2 Å². The van der Waals surface area contributed by atoms with E-state index in [9.17, 15) is 9.90 Å². The van der Waals surface area contributed by atoms with Crippen molar-refractivity contribution >= 4 is 33.4 Å². The molecule has 0 heterocycles. The highest BCUT2D eigenvalue weighted by atomic mass is 79.9. The number of amides is 1. The molecule has 2 N–H and O–H groups in total. The van der Waals surface area contributed by atoms with Crippen molar-refractivity contribution < 1.29 is 9.90 Å². The number of hydrogen-bond acceptors (Lipinski definition) is 2. The number of carbonyl (C=O) groups is 1. The Bertz CT molecular complexity index is 460. The minimum absolute atomic E-state index is 0.0784. The fourth-order valence-electron chi connectivity index (χ4n) is 1.95. The van der Waals surface area contributed by atoms with Gasteiger partial charge in [-0.1, -0.05) is 27.5 Å². The molecule has 1 aliphatic rings. The van der Waals surface area contributed by atoms with E-state index in [1.165, 1.54) is 12.1 Å². The van der Waals surface area contributed by atoms with Gasteiger partial charge >= 0.3 is 0 Å². The van der Waals surface area contributed by atoms with E-state index in [0.29, 0.717) is 11.6 Å². The first-order chi connectivity index (χ1) is 8.56. The Morgan fingerprint density at radius 2 is 2.22 bits per heavy atom. The molecule has 1 aliphatic carbocycles. The second kappa shape index (κ2) is 5.49. The van der Waals surface area contributed by atoms with E-state index in [-0.39, 0.29) is 22.6 Å². The second-order valence-electron chi connectivity index (χ2n) is 4.78. The third-order valence-corrected chi connectivity index (χ3v) is 4.04. The van der Waals surface area contributed by atoms with Crippen LogP contribution in [-0.2, 0) is 0 Å². The molecule has 0 bridgehead atoms. The lowest BCUT2D eigenvalue weighted by molar-refractivity contribution is 0.0942. The predicted molar refractivity (Wildman–Crippen MR) is 75.5 cm³/mol. The van der Waals surface area contributed by atoms with Crippen LogP contribution in [0.4, 0.5) is 0 Å². The Kier molecular flexibility index (Phi) is 4.17. The molecule has 1 amide bonds. The van der Waals surface area contributed by atoms with Crippen LogP contribution < -0.4 is 5.32 Å². The van der Waals surface area contributed by atoms with E-state index in [1.807, 2.05) is 0 Å². The number of phenols is 1. The van der Waals surface area contributed by atoms with Gasteiger partial charge in [-0.2, -0.15) is 0 Å². The molecule has 3 nitrogen and oxygen atoms in total. The van der Waals surface area contributed by atoms with E-state index in [0.717, 1.165) is 24.6 Å². The maximum Gasteiger partial charge on any atom is 0.255 e. The van der Waals surface area contributed by atoms with Gasteiger partial charge in [0.15, 0.2) is 0 Å². The van der Waals surface area contributed by atoms with Gasteiger partial charge in [0.25, 0.3) is 5.91 Å². The Hall–Kier alpha value is -0.740. The fraction of sp³-hybridized carbons (Fsp3) is 0.462. The van der Waals surface area contributed by atoms with Gasteiger partial charge in [-0.15, -0.1) is 0 Å². The van der Waals surface area contributed by atoms with Crippen LogP contribution in [0.15, 0.2) is 18.2 Å². The number of aromatic hydroxyl groups is 1. The maximum atomic E-state index is 11.9. The molecule has 18 heavy (non-hydrogen) atoms. The molecule has 0 saturated heterocycles. The lowest BCUT2D eigenvalue weighted by Crippen LogP contribution is -2.30. The first kappa shape index (κ1) is 13.7. The molecule has 1 aromatic rings. The summed E-state index contributed by atoms with van der Waals surface area (Å²) in [5.41, 5.74) is 0.537. The van der Waals surface area contributed by atoms with E-state index < -0.39 is 0 Å². The van der Waals surface area contributed by atoms with Gasteiger partial charge in [0, 0.05) is 16.9 Å². The summed E-state index contributed by atoms with van der Waals surface area (Å²) in [7, 11) is 0. The number of nitrogens with one attached hydrogen (secondary N) is 1. The van der Waals surface area contributed by atoms with Crippen LogP contribution in [0.25, 0.3) is 0 Å². The Labute approximate surface area is 120 Å². The van der Waals surface area contributed by atoms with Crippen molar-refractivity contribution in [3.8, 4) is 5.75 Å². The third kappa shape index (κ3) is 3.18. The molecular weight excluding hydrogens is 318 g/mol. The van der Waals surface area contributed by atoms with Crippen LogP contribution in [0, 0.1) is 5.41 Å². The molecule has 1 aromatic carbocycles. The monoisotopic (exact) mass is 331 g/mol. The fourth-order valence-corrected chi connectivity index (χ4v) is 2.96. The molecule has 1 saturated carbocycles. The lowest BCUT2D eigenvalue weighted by atomic mass is 10.0. The van der Waals surface area contributed by atoms with Gasteiger partial charge in [0.05, 0.1) is 5.56 Å². The summed E-state index contributed by atoms with van der Waals surface area (Å²) in [6, 6.07) is 4.51. The van der Waals surface area contributed by atoms with Crippen molar-refractivity contribution in [3.63, 3.8) is 0 Å². The summed E-state index contributed by atoms with van der Waals surface area (Å²) in [5.74, 6) is -0.324. The topological polar surface area (TPSA) is 49.3 Å². The van der Waals surface area contributed by atoms with Gasteiger partial charge in [-0.25, -0.2) is 0 Å². The van der Waals surface area contributed by atoms with Crippen LogP contribution >= 0.6 is 27.5 Å². The van der Waals surface area contributed by atoms with Gasteiger partial charge in [-0.3, -0.25) is 4.79 Å². The molecular formula is C13H15BrClNO2. The first-order valence-electron chi connectivity index (χ1n) is 5.89. The Morgan fingerprint density at radius 1 is 1.50 bits per heavy atom. The second-order valence-corrected chi connectivity index (χ2v) is 6.01. The molecule has 0 atom stereocenters. The van der Waals surface area contributed by atoms with Crippen LogP contribution in [0.5, 0.6) is 5.75 Å². The van der Waals surface area contributed by atoms with Gasteiger partial charge in [0.1, 0.15) is 5.75 Å². The normalized spacial score (nSPS) is 16.3. The van der Waals surface area contributed by atoms with Crippen molar-refractivity contribution in [2.45, 2.75) is 19.3 Å². The number of rotatable bonds is 5. The number of alkyl halides is 1. The largest absolute Gasteiger partial charge is 0.507 e. The summed E-state index contributed by atoms with van der Waals surface area (Å²) in [5, 5.41) is 13.9. The molecule has 98 valence electrons. The molecule has 0 spiro atoms. The van der Waals surface area contributed by atoms with Crippen LogP contribution in [-0.4, -0.2) is 22.9 Å². The maximum absolute atomic E-state index is 11.9. The number of benzene rings is 1. The van der Waals surface area contributed by atoms with Crippen molar-refractivity contribution in [2.24, 2.45) is 5.41 Å². The Balaban J connectivity index is 1.96. The van der Waals surface area contributed by atoms with Crippen molar-refractivity contribution in [2.75, 3.05) is 11.9 Å². The summed E-state index contributed by atoms with van der Waals surface area (Å²) < 4.78 is 0. The molecule has 2 rings (SSSR count). The van der Waals surface area contributed by atoms with Gasteiger partial charge in [0.2, 0.25) is 0 Å². The van der Waals surface area contributed by atoms with Crippen molar-refractivity contribution in [1.29, 1.82) is 0 Å². The number of halogens is 2. The van der Waals surface area contributed by atoms with Gasteiger partial charge < -0.3 is 10.4 Å². The molecule has 0 unspecified atom stereocenters. The van der Waals surface area contributed by atoms with E-state index in [4.69, 9.17) is 11.6 Å². The first-order valence-corrected chi connectivity index (χ1v) is 7.39. The minimum atomic E-state index is -0.245. The minimum Gasteiger partial charge on any atom is -0.507 e. The highest BCUT2D eigenvalue weighted by Gasteiger charge is 2.41. The quantitative estimate of drug-likeness (QED) is 0.813. The molecule has 0 aliphatic heterocycles. The van der Waals surface area contributed by atoms with Crippen LogP contribution in [0.1, 0.15) is 29.6 Å². The standard InChI is InChI=1S/C13H15BrClNO2/c14-6-5-13(3-4-13)8-16-12(18)10-2-1-9(15)7-11(10)17/h1-2,7,17H,3-6,8H2,(H,16,18). The predicted octanol–water partition coefficient (Wildman–Crippen LogP) is 3.34. The third-order valence-electron chi connectivity index (χ3n) is 3.41. The number of hydrogen-bond donors (Lipinski definition) is 2. The molecule has 0 radical (unpaired) electrons. The summed E-state index contributed by atoms with van der Waals surface area (Å²) in [6.07, 6.45) is 3.39. The zero-order chi connectivity index (χ0) is 13.2. The SMILES string of the molecule is O=C(NCC1(CCBr)CC1)c1ccc(Cl)cc1O. The zero-order valence-electron chi connectivity index (χ0n) is 9.88. The number of carbonyl (C=O) groups excluding carboxylic acids is 1. The summed E-state index contributed by atoms with van der Waals surface area (Å²) in [6.45, 7) is 0.666. The molecule has 0 aromatic heterocycles. The molecule has 5 heteroatoms. The Morgan fingerprint density at radius 3 is 2.78 bits per heavy atom. The summed E-state index contributed by atoms with van der Waals surface area (Å²) >= 11 is 9.15. The van der Waals surface area contributed by atoms with Crippen LogP contribution in [0.3, 0.4) is 0 Å². The van der Waals surface area contributed by atoms with Crippen LogP contribution in [0.2, 0.25) is 5.02 Å².